The van der Waals surface area contributed by atoms with Crippen LogP contribution in [0, 0.1) is 5.92 Å². The number of aromatic nitrogens is 2. The van der Waals surface area contributed by atoms with Gasteiger partial charge in [-0.05, 0) is 25.1 Å². The van der Waals surface area contributed by atoms with E-state index in [1.54, 1.807) is 31.2 Å². The summed E-state index contributed by atoms with van der Waals surface area (Å²) in [5, 5.41) is 11.2. The summed E-state index contributed by atoms with van der Waals surface area (Å²) in [6.45, 7) is 1.61. The van der Waals surface area contributed by atoms with Crippen molar-refractivity contribution >= 4 is 52.6 Å². The van der Waals surface area contributed by atoms with Crippen molar-refractivity contribution in [1.29, 1.82) is 0 Å². The van der Waals surface area contributed by atoms with Crippen LogP contribution >= 0.6 is 23.4 Å². The van der Waals surface area contributed by atoms with Crippen LogP contribution in [0.1, 0.15) is 12.8 Å². The summed E-state index contributed by atoms with van der Waals surface area (Å²) in [7, 11) is 1.38. The van der Waals surface area contributed by atoms with Crippen LogP contribution in [-0.4, -0.2) is 51.5 Å². The van der Waals surface area contributed by atoms with E-state index in [2.05, 4.69) is 20.5 Å². The number of hydrogen-bond acceptors (Lipinski definition) is 7. The van der Waals surface area contributed by atoms with E-state index in [1.807, 2.05) is 0 Å². The van der Waals surface area contributed by atoms with Crippen molar-refractivity contribution in [3.8, 4) is 0 Å². The first-order valence-corrected chi connectivity index (χ1v) is 9.57. The van der Waals surface area contributed by atoms with E-state index >= 15 is 0 Å². The molecule has 146 valence electrons. The molecule has 11 heteroatoms. The smallest absolute Gasteiger partial charge is 0.349 e. The van der Waals surface area contributed by atoms with Gasteiger partial charge in [-0.1, -0.05) is 29.4 Å². The van der Waals surface area contributed by atoms with Gasteiger partial charge in [-0.3, -0.25) is 14.5 Å². The summed E-state index contributed by atoms with van der Waals surface area (Å²) in [5.41, 5.74) is 0.995. The van der Waals surface area contributed by atoms with Gasteiger partial charge in [0.1, 0.15) is 0 Å². The molecule has 0 radical (unpaired) electrons. The van der Waals surface area contributed by atoms with Gasteiger partial charge in [0, 0.05) is 29.9 Å². The fourth-order valence-electron chi connectivity index (χ4n) is 2.49. The number of aliphatic imine (C=N–C) groups is 1. The fourth-order valence-corrected chi connectivity index (χ4v) is 3.26. The van der Waals surface area contributed by atoms with Crippen molar-refractivity contribution in [3.05, 3.63) is 35.2 Å². The lowest BCUT2D eigenvalue weighted by molar-refractivity contribution is -0.129. The van der Waals surface area contributed by atoms with Crippen LogP contribution < -0.4 is 5.32 Å². The average molecular weight is 422 g/mol. The number of hydrogen-bond donors (Lipinski definition) is 1. The van der Waals surface area contributed by atoms with Gasteiger partial charge in [0.05, 0.1) is 11.7 Å². The van der Waals surface area contributed by atoms with Crippen molar-refractivity contribution in [3.63, 3.8) is 0 Å². The molecule has 4 amide bonds. The molecule has 1 unspecified atom stereocenters. The Bertz CT molecular complexity index is 961. The van der Waals surface area contributed by atoms with E-state index in [0.717, 1.165) is 16.7 Å². The maximum atomic E-state index is 12.2. The molecule has 0 saturated heterocycles. The highest BCUT2D eigenvalue weighted by atomic mass is 35.5. The standard InChI is InChI=1S/C17H16ClN5O4S/c1-9-12(15(25)23(2)16(26)19-9)7-14-21-22-17(27-14)28-8-13(24)20-11-5-3-4-10(18)6-11/h3-6,12H,7-8H2,1-2H3,(H,20,24). The summed E-state index contributed by atoms with van der Waals surface area (Å²) < 4.78 is 5.49. The van der Waals surface area contributed by atoms with Crippen molar-refractivity contribution in [2.24, 2.45) is 10.9 Å². The van der Waals surface area contributed by atoms with Crippen LogP contribution in [0.2, 0.25) is 5.02 Å². The molecule has 0 bridgehead atoms. The third-order valence-electron chi connectivity index (χ3n) is 3.95. The highest BCUT2D eigenvalue weighted by molar-refractivity contribution is 7.99. The van der Waals surface area contributed by atoms with Crippen LogP contribution in [0.15, 0.2) is 38.9 Å². The monoisotopic (exact) mass is 421 g/mol. The predicted molar refractivity (Wildman–Crippen MR) is 104 cm³/mol. The first-order valence-electron chi connectivity index (χ1n) is 8.21. The molecule has 1 aromatic carbocycles. The third-order valence-corrected chi connectivity index (χ3v) is 5.01. The van der Waals surface area contributed by atoms with Gasteiger partial charge in [0.2, 0.25) is 17.7 Å². The van der Waals surface area contributed by atoms with Crippen LogP contribution in [0.25, 0.3) is 0 Å². The number of halogens is 1. The van der Waals surface area contributed by atoms with Gasteiger partial charge in [0.15, 0.2) is 0 Å². The molecule has 9 nitrogen and oxygen atoms in total. The van der Waals surface area contributed by atoms with Gasteiger partial charge >= 0.3 is 6.03 Å². The van der Waals surface area contributed by atoms with E-state index in [-0.39, 0.29) is 35.1 Å². The number of rotatable bonds is 6. The number of amides is 4. The van der Waals surface area contributed by atoms with E-state index < -0.39 is 11.9 Å². The number of imide groups is 1. The minimum Gasteiger partial charge on any atom is -0.416 e. The number of anilines is 1. The van der Waals surface area contributed by atoms with Crippen LogP contribution in [0.5, 0.6) is 0 Å². The SMILES string of the molecule is CC1=NC(=O)N(C)C(=O)C1Cc1nnc(SCC(=O)Nc2cccc(Cl)c2)o1. The van der Waals surface area contributed by atoms with E-state index in [0.29, 0.717) is 16.4 Å². The van der Waals surface area contributed by atoms with Crippen LogP contribution in [-0.2, 0) is 16.0 Å². The molecule has 1 aliphatic rings. The predicted octanol–water partition coefficient (Wildman–Crippen LogP) is 2.67. The number of thioether (sulfide) groups is 1. The van der Waals surface area contributed by atoms with Gasteiger partial charge in [0.25, 0.3) is 5.22 Å². The number of carbonyl (C=O) groups excluding carboxylic acids is 3. The molecule has 3 rings (SSSR count). The molecular weight excluding hydrogens is 406 g/mol. The lowest BCUT2D eigenvalue weighted by atomic mass is 9.97. The summed E-state index contributed by atoms with van der Waals surface area (Å²) in [6, 6.07) is 6.22. The van der Waals surface area contributed by atoms with Crippen molar-refractivity contribution in [2.45, 2.75) is 18.6 Å². The highest BCUT2D eigenvalue weighted by Crippen LogP contribution is 2.22. The largest absolute Gasteiger partial charge is 0.416 e. The Morgan fingerprint density at radius 2 is 2.14 bits per heavy atom. The van der Waals surface area contributed by atoms with Crippen LogP contribution in [0.4, 0.5) is 10.5 Å². The highest BCUT2D eigenvalue weighted by Gasteiger charge is 2.34. The zero-order valence-corrected chi connectivity index (χ0v) is 16.6. The maximum absolute atomic E-state index is 12.2. The average Bonchev–Trinajstić information content (AvgIpc) is 3.09. The molecule has 28 heavy (non-hydrogen) atoms. The van der Waals surface area contributed by atoms with E-state index in [9.17, 15) is 14.4 Å². The molecule has 1 N–H and O–H groups in total. The first kappa shape index (κ1) is 20.0. The topological polar surface area (TPSA) is 118 Å². The third kappa shape index (κ3) is 4.76. The van der Waals surface area contributed by atoms with Crippen LogP contribution in [0.3, 0.4) is 0 Å². The Balaban J connectivity index is 1.56. The molecule has 0 spiro atoms. The van der Waals surface area contributed by atoms with E-state index in [1.165, 1.54) is 7.05 Å². The number of urea groups is 1. The lowest BCUT2D eigenvalue weighted by Gasteiger charge is -2.24. The van der Waals surface area contributed by atoms with Gasteiger partial charge in [-0.15, -0.1) is 10.2 Å². The Kier molecular flexibility index (Phi) is 6.10. The summed E-state index contributed by atoms with van der Waals surface area (Å²) >= 11 is 6.95. The summed E-state index contributed by atoms with van der Waals surface area (Å²) in [4.78, 5) is 40.6. The van der Waals surface area contributed by atoms with Crippen molar-refractivity contribution in [1.82, 2.24) is 15.1 Å². The normalized spacial score (nSPS) is 16.9. The molecule has 0 saturated carbocycles. The molecule has 2 heterocycles. The van der Waals surface area contributed by atoms with Crippen molar-refractivity contribution < 1.29 is 18.8 Å². The quantitative estimate of drug-likeness (QED) is 0.712. The van der Waals surface area contributed by atoms with Crippen molar-refractivity contribution in [2.75, 3.05) is 18.1 Å². The van der Waals surface area contributed by atoms with E-state index in [4.69, 9.17) is 16.0 Å². The lowest BCUT2D eigenvalue weighted by Crippen LogP contribution is -2.44. The number of nitrogens with zero attached hydrogens (tertiary/aromatic N) is 4. The van der Waals surface area contributed by atoms with Gasteiger partial charge < -0.3 is 9.73 Å². The number of benzene rings is 1. The molecular formula is C17H16ClN5O4S. The molecule has 0 aliphatic carbocycles. The zero-order valence-electron chi connectivity index (χ0n) is 15.0. The molecule has 1 atom stereocenters. The van der Waals surface area contributed by atoms with Gasteiger partial charge in [-0.25, -0.2) is 9.79 Å². The maximum Gasteiger partial charge on any atom is 0.349 e. The second kappa shape index (κ2) is 8.53. The Hall–Kier alpha value is -2.72. The number of nitrogens with one attached hydrogen (secondary N) is 1. The zero-order chi connectivity index (χ0) is 20.3. The first-order chi connectivity index (χ1) is 13.3. The summed E-state index contributed by atoms with van der Waals surface area (Å²) in [6.07, 6.45) is 0.133. The van der Waals surface area contributed by atoms with Gasteiger partial charge in [-0.2, -0.15) is 0 Å². The molecule has 0 fully saturated rings. The molecule has 1 aliphatic heterocycles. The number of carbonyl (C=O) groups is 3. The Morgan fingerprint density at radius 1 is 1.36 bits per heavy atom. The Morgan fingerprint density at radius 3 is 2.89 bits per heavy atom. The fraction of sp³-hybridized carbons (Fsp3) is 0.294. The second-order valence-electron chi connectivity index (χ2n) is 6.00. The Labute approximate surface area is 169 Å². The second-order valence-corrected chi connectivity index (χ2v) is 7.36. The minimum atomic E-state index is -0.632. The molecule has 2 aromatic rings. The minimum absolute atomic E-state index is 0.0637. The molecule has 1 aromatic heterocycles. The summed E-state index contributed by atoms with van der Waals surface area (Å²) in [5.74, 6) is -0.960.